The summed E-state index contributed by atoms with van der Waals surface area (Å²) in [5.74, 6) is 1.45. The van der Waals surface area contributed by atoms with E-state index in [9.17, 15) is 4.79 Å². The molecule has 1 aromatic carbocycles. The molecule has 154 valence electrons. The molecule has 7 nitrogen and oxygen atoms in total. The molecule has 2 N–H and O–H groups in total. The van der Waals surface area contributed by atoms with Crippen LogP contribution in [0.15, 0.2) is 22.7 Å². The summed E-state index contributed by atoms with van der Waals surface area (Å²) in [6.45, 7) is 0. The van der Waals surface area contributed by atoms with E-state index < -0.39 is 0 Å². The summed E-state index contributed by atoms with van der Waals surface area (Å²) in [6, 6.07) is 6.48. The van der Waals surface area contributed by atoms with Crippen molar-refractivity contribution in [3.8, 4) is 11.5 Å². The lowest BCUT2D eigenvalue weighted by Crippen LogP contribution is -2.55. The first-order chi connectivity index (χ1) is 14.1. The number of piperidine rings is 2. The number of amides is 2. The highest BCUT2D eigenvalue weighted by atomic mass is 35.5. The molecule has 2 bridgehead atoms. The molecule has 3 atom stereocenters. The lowest BCUT2D eigenvalue weighted by molar-refractivity contribution is 0.0513. The van der Waals surface area contributed by atoms with Crippen molar-refractivity contribution < 1.29 is 9.32 Å². The van der Waals surface area contributed by atoms with Crippen molar-refractivity contribution in [2.75, 3.05) is 12.4 Å². The van der Waals surface area contributed by atoms with E-state index in [1.54, 1.807) is 12.1 Å². The minimum Gasteiger partial charge on any atom is -0.335 e. The number of hydrogen-bond acceptors (Lipinski definition) is 5. The van der Waals surface area contributed by atoms with E-state index in [1.807, 2.05) is 6.07 Å². The molecular weight excluding hydrogens is 390 g/mol. The highest BCUT2D eigenvalue weighted by molar-refractivity contribution is 6.34. The normalized spacial score (nSPS) is 26.9. The van der Waals surface area contributed by atoms with Crippen LogP contribution in [0.25, 0.3) is 11.5 Å². The molecule has 2 aromatic rings. The van der Waals surface area contributed by atoms with Gasteiger partial charge in [0.1, 0.15) is 0 Å². The Morgan fingerprint density at radius 2 is 1.97 bits per heavy atom. The Morgan fingerprint density at radius 1 is 1.21 bits per heavy atom. The standard InChI is InChI=1S/C21H26ClN5O2/c1-27-14-4-2-5-15(27)11-13(10-14)23-21(28)24-17-7-3-6-16(22)18(17)20-25-19(26-29-20)12-8-9-12/h3,6-7,12-15H,2,4-5,8-11H2,1H3,(H2,23,24,28)/t13?,14-,15+. The lowest BCUT2D eigenvalue weighted by atomic mass is 9.82. The van der Waals surface area contributed by atoms with Crippen LogP contribution in [0.1, 0.15) is 56.7 Å². The summed E-state index contributed by atoms with van der Waals surface area (Å²) in [5.41, 5.74) is 1.15. The third-order valence-electron chi connectivity index (χ3n) is 6.53. The number of anilines is 1. The molecular formula is C21H26ClN5O2. The Labute approximate surface area is 175 Å². The first-order valence-corrected chi connectivity index (χ1v) is 10.9. The molecule has 29 heavy (non-hydrogen) atoms. The van der Waals surface area contributed by atoms with Gasteiger partial charge < -0.3 is 20.1 Å². The van der Waals surface area contributed by atoms with Crippen molar-refractivity contribution in [2.45, 2.75) is 69.0 Å². The second kappa shape index (κ2) is 7.61. The average Bonchev–Trinajstić information content (AvgIpc) is 3.41. The number of rotatable bonds is 4. The van der Waals surface area contributed by atoms with Gasteiger partial charge in [-0.2, -0.15) is 4.98 Å². The zero-order valence-corrected chi connectivity index (χ0v) is 17.3. The molecule has 5 rings (SSSR count). The zero-order chi connectivity index (χ0) is 20.0. The zero-order valence-electron chi connectivity index (χ0n) is 16.5. The molecule has 2 saturated heterocycles. The Morgan fingerprint density at radius 3 is 2.69 bits per heavy atom. The molecule has 3 aliphatic rings. The van der Waals surface area contributed by atoms with Gasteiger partial charge in [-0.15, -0.1) is 0 Å². The summed E-state index contributed by atoms with van der Waals surface area (Å²) >= 11 is 6.42. The molecule has 1 saturated carbocycles. The Bertz CT molecular complexity index is 898. The van der Waals surface area contributed by atoms with Crippen molar-refractivity contribution in [1.82, 2.24) is 20.4 Å². The van der Waals surface area contributed by atoms with Crippen molar-refractivity contribution >= 4 is 23.3 Å². The van der Waals surface area contributed by atoms with Crippen LogP contribution in [-0.2, 0) is 0 Å². The maximum absolute atomic E-state index is 12.8. The van der Waals surface area contributed by atoms with Crippen molar-refractivity contribution in [3.05, 3.63) is 29.0 Å². The largest absolute Gasteiger partial charge is 0.335 e. The number of urea groups is 1. The third-order valence-corrected chi connectivity index (χ3v) is 6.85. The SMILES string of the molecule is CN1[C@@H]2CCC[C@H]1CC(NC(=O)Nc1cccc(Cl)c1-c1nc(C3CC3)no1)C2. The van der Waals surface area contributed by atoms with Gasteiger partial charge in [0.2, 0.25) is 0 Å². The monoisotopic (exact) mass is 415 g/mol. The number of hydrogen-bond donors (Lipinski definition) is 2. The van der Waals surface area contributed by atoms with Crippen LogP contribution in [0.5, 0.6) is 0 Å². The number of halogens is 1. The van der Waals surface area contributed by atoms with Crippen LogP contribution in [0.4, 0.5) is 10.5 Å². The van der Waals surface area contributed by atoms with Gasteiger partial charge in [-0.3, -0.25) is 0 Å². The van der Waals surface area contributed by atoms with Gasteiger partial charge in [0.25, 0.3) is 5.89 Å². The first kappa shape index (κ1) is 18.9. The van der Waals surface area contributed by atoms with Gasteiger partial charge in [0, 0.05) is 24.0 Å². The van der Waals surface area contributed by atoms with E-state index >= 15 is 0 Å². The number of nitrogens with zero attached hydrogens (tertiary/aromatic N) is 3. The Hall–Kier alpha value is -2.12. The second-order valence-corrected chi connectivity index (χ2v) is 8.97. The predicted octanol–water partition coefficient (Wildman–Crippen LogP) is 4.40. The summed E-state index contributed by atoms with van der Waals surface area (Å²) in [7, 11) is 2.21. The minimum absolute atomic E-state index is 0.189. The number of aromatic nitrogens is 2. The molecule has 1 aromatic heterocycles. The molecule has 3 fully saturated rings. The smallest absolute Gasteiger partial charge is 0.319 e. The Balaban J connectivity index is 1.30. The van der Waals surface area contributed by atoms with E-state index in [-0.39, 0.29) is 12.1 Å². The minimum atomic E-state index is -0.219. The predicted molar refractivity (Wildman–Crippen MR) is 111 cm³/mol. The van der Waals surface area contributed by atoms with Crippen LogP contribution in [0.3, 0.4) is 0 Å². The average molecular weight is 416 g/mol. The van der Waals surface area contributed by atoms with E-state index in [1.165, 1.54) is 19.3 Å². The Kier molecular flexibility index (Phi) is 4.95. The molecule has 0 radical (unpaired) electrons. The topological polar surface area (TPSA) is 83.3 Å². The van der Waals surface area contributed by atoms with Crippen LogP contribution in [0, 0.1) is 0 Å². The summed E-state index contributed by atoms with van der Waals surface area (Å²) in [6.07, 6.45) is 7.89. The van der Waals surface area contributed by atoms with E-state index in [0.717, 1.165) is 25.7 Å². The van der Waals surface area contributed by atoms with Gasteiger partial charge in [-0.1, -0.05) is 29.2 Å². The highest BCUT2D eigenvalue weighted by Gasteiger charge is 2.36. The lowest BCUT2D eigenvalue weighted by Gasteiger charge is -2.47. The highest BCUT2D eigenvalue weighted by Crippen LogP contribution is 2.40. The number of nitrogens with one attached hydrogen (secondary N) is 2. The number of fused-ring (bicyclic) bond motifs is 2. The third kappa shape index (κ3) is 3.85. The van der Waals surface area contributed by atoms with Crippen LogP contribution < -0.4 is 10.6 Å². The van der Waals surface area contributed by atoms with Gasteiger partial charge in [-0.25, -0.2) is 4.79 Å². The molecule has 8 heteroatoms. The van der Waals surface area contributed by atoms with Gasteiger partial charge in [0.15, 0.2) is 5.82 Å². The van der Waals surface area contributed by atoms with Crippen molar-refractivity contribution in [3.63, 3.8) is 0 Å². The fourth-order valence-corrected chi connectivity index (χ4v) is 5.02. The van der Waals surface area contributed by atoms with Crippen LogP contribution >= 0.6 is 11.6 Å². The maximum atomic E-state index is 12.8. The quantitative estimate of drug-likeness (QED) is 0.773. The number of carbonyl (C=O) groups excluding carboxylic acids is 1. The van der Waals surface area contributed by atoms with Gasteiger partial charge >= 0.3 is 6.03 Å². The van der Waals surface area contributed by atoms with E-state index in [0.29, 0.717) is 46.0 Å². The van der Waals surface area contributed by atoms with Crippen molar-refractivity contribution in [2.24, 2.45) is 0 Å². The molecule has 0 spiro atoms. The van der Waals surface area contributed by atoms with Crippen molar-refractivity contribution in [1.29, 1.82) is 0 Å². The fraction of sp³-hybridized carbons (Fsp3) is 0.571. The summed E-state index contributed by atoms with van der Waals surface area (Å²) in [5, 5.41) is 10.7. The molecule has 1 aliphatic carbocycles. The molecule has 1 unspecified atom stereocenters. The molecule has 3 heterocycles. The summed E-state index contributed by atoms with van der Waals surface area (Å²) in [4.78, 5) is 19.7. The maximum Gasteiger partial charge on any atom is 0.319 e. The molecule has 2 aliphatic heterocycles. The van der Waals surface area contributed by atoms with Gasteiger partial charge in [-0.05, 0) is 57.7 Å². The number of carbonyl (C=O) groups is 1. The molecule has 2 amide bonds. The number of benzene rings is 1. The van der Waals surface area contributed by atoms with E-state index in [2.05, 4.69) is 32.7 Å². The summed E-state index contributed by atoms with van der Waals surface area (Å²) < 4.78 is 5.44. The fourth-order valence-electron chi connectivity index (χ4n) is 4.77. The van der Waals surface area contributed by atoms with Crippen LogP contribution in [-0.4, -0.2) is 46.2 Å². The second-order valence-electron chi connectivity index (χ2n) is 8.57. The van der Waals surface area contributed by atoms with Crippen LogP contribution in [0.2, 0.25) is 5.02 Å². The van der Waals surface area contributed by atoms with Gasteiger partial charge in [0.05, 0.1) is 16.3 Å². The first-order valence-electron chi connectivity index (χ1n) is 10.5. The van der Waals surface area contributed by atoms with E-state index in [4.69, 9.17) is 16.1 Å².